The maximum Gasteiger partial charge on any atom is 0.407 e. The van der Waals surface area contributed by atoms with Crippen molar-refractivity contribution in [1.82, 2.24) is 20.2 Å². The van der Waals surface area contributed by atoms with E-state index in [0.717, 1.165) is 60.8 Å². The van der Waals surface area contributed by atoms with Crippen LogP contribution in [0.1, 0.15) is 81.4 Å². The molecule has 36 heavy (non-hydrogen) atoms. The molecule has 0 saturated carbocycles. The molecule has 2 aromatic rings. The SMILES string of the molecule is C[C@@H]1CC(O)c2ncnc(N3CC4(CCN(C)CC4)c4c3ccc(Cl)c4CNC(=O)OC(C)(C)C)c21. The summed E-state index contributed by atoms with van der Waals surface area (Å²) in [6, 6.07) is 3.99. The lowest BCUT2D eigenvalue weighted by molar-refractivity contribution is 0.0523. The zero-order valence-corrected chi connectivity index (χ0v) is 22.5. The average molecular weight is 514 g/mol. The molecule has 1 aliphatic carbocycles. The Morgan fingerprint density at radius 2 is 2.00 bits per heavy atom. The van der Waals surface area contributed by atoms with Gasteiger partial charge in [0.25, 0.3) is 0 Å². The first-order valence-electron chi connectivity index (χ1n) is 12.8. The molecule has 194 valence electrons. The van der Waals surface area contributed by atoms with Crippen LogP contribution in [0, 0.1) is 0 Å². The molecule has 5 rings (SSSR count). The van der Waals surface area contributed by atoms with Crippen LogP contribution in [0.5, 0.6) is 0 Å². The van der Waals surface area contributed by atoms with Crippen molar-refractivity contribution in [2.45, 2.75) is 76.5 Å². The number of aliphatic hydroxyl groups is 1. The average Bonchev–Trinajstić information content (AvgIpc) is 3.28. The summed E-state index contributed by atoms with van der Waals surface area (Å²) in [6.45, 7) is 10.7. The summed E-state index contributed by atoms with van der Waals surface area (Å²) in [5.74, 6) is 1.04. The third-order valence-corrected chi connectivity index (χ3v) is 8.16. The largest absolute Gasteiger partial charge is 0.444 e. The maximum absolute atomic E-state index is 12.5. The Bertz CT molecular complexity index is 1170. The van der Waals surface area contributed by atoms with Crippen LogP contribution in [-0.4, -0.2) is 58.4 Å². The van der Waals surface area contributed by atoms with Gasteiger partial charge in [0.2, 0.25) is 0 Å². The Labute approximate surface area is 218 Å². The Morgan fingerprint density at radius 3 is 2.69 bits per heavy atom. The van der Waals surface area contributed by atoms with E-state index in [4.69, 9.17) is 21.3 Å². The number of aliphatic hydroxyl groups excluding tert-OH is 1. The molecule has 1 saturated heterocycles. The number of benzene rings is 1. The monoisotopic (exact) mass is 513 g/mol. The van der Waals surface area contributed by atoms with Gasteiger partial charge >= 0.3 is 6.09 Å². The summed E-state index contributed by atoms with van der Waals surface area (Å²) in [4.78, 5) is 26.3. The fourth-order valence-corrected chi connectivity index (χ4v) is 6.33. The van der Waals surface area contributed by atoms with E-state index in [2.05, 4.69) is 40.1 Å². The first kappa shape index (κ1) is 25.2. The van der Waals surface area contributed by atoms with Crippen LogP contribution in [0.4, 0.5) is 16.3 Å². The first-order chi connectivity index (χ1) is 17.0. The van der Waals surface area contributed by atoms with Crippen molar-refractivity contribution in [3.8, 4) is 0 Å². The number of fused-ring (bicyclic) bond motifs is 3. The molecule has 1 spiro atoms. The molecule has 8 nitrogen and oxygen atoms in total. The summed E-state index contributed by atoms with van der Waals surface area (Å²) in [6.07, 6.45) is 3.17. The van der Waals surface area contributed by atoms with Crippen molar-refractivity contribution < 1.29 is 14.6 Å². The lowest BCUT2D eigenvalue weighted by atomic mass is 9.72. The highest BCUT2D eigenvalue weighted by Crippen LogP contribution is 2.54. The van der Waals surface area contributed by atoms with Crippen molar-refractivity contribution in [3.05, 3.63) is 45.9 Å². The number of nitrogens with zero attached hydrogens (tertiary/aromatic N) is 4. The van der Waals surface area contributed by atoms with Crippen molar-refractivity contribution in [3.63, 3.8) is 0 Å². The molecule has 9 heteroatoms. The Morgan fingerprint density at radius 1 is 1.28 bits per heavy atom. The van der Waals surface area contributed by atoms with Gasteiger partial charge in [0.05, 0.1) is 11.8 Å². The number of carbonyl (C=O) groups is 1. The van der Waals surface area contributed by atoms with Gasteiger partial charge in [-0.3, -0.25) is 0 Å². The molecule has 3 aliphatic rings. The van der Waals surface area contributed by atoms with E-state index in [1.54, 1.807) is 6.33 Å². The van der Waals surface area contributed by atoms with Crippen molar-refractivity contribution >= 4 is 29.2 Å². The van der Waals surface area contributed by atoms with Crippen molar-refractivity contribution in [2.24, 2.45) is 0 Å². The maximum atomic E-state index is 12.5. The van der Waals surface area contributed by atoms with E-state index in [1.807, 2.05) is 26.8 Å². The molecule has 1 unspecified atom stereocenters. The van der Waals surface area contributed by atoms with E-state index in [0.29, 0.717) is 18.0 Å². The van der Waals surface area contributed by atoms with Crippen LogP contribution < -0.4 is 10.2 Å². The van der Waals surface area contributed by atoms with Crippen molar-refractivity contribution in [1.29, 1.82) is 0 Å². The van der Waals surface area contributed by atoms with Gasteiger partial charge in [0, 0.05) is 34.8 Å². The summed E-state index contributed by atoms with van der Waals surface area (Å²) in [5, 5.41) is 14.2. The second-order valence-electron chi connectivity index (χ2n) is 11.6. The fourth-order valence-electron chi connectivity index (χ4n) is 6.10. The number of alkyl carbamates (subject to hydrolysis) is 1. The molecular weight excluding hydrogens is 478 g/mol. The van der Waals surface area contributed by atoms with Crippen LogP contribution in [0.2, 0.25) is 5.02 Å². The van der Waals surface area contributed by atoms with Gasteiger partial charge in [-0.25, -0.2) is 14.8 Å². The minimum atomic E-state index is -0.576. The minimum absolute atomic E-state index is 0.115. The molecule has 1 amide bonds. The minimum Gasteiger partial charge on any atom is -0.444 e. The van der Waals surface area contributed by atoms with Crippen LogP contribution in [0.25, 0.3) is 0 Å². The highest BCUT2D eigenvalue weighted by atomic mass is 35.5. The molecule has 1 aromatic carbocycles. The van der Waals surface area contributed by atoms with Gasteiger partial charge in [-0.2, -0.15) is 0 Å². The quantitative estimate of drug-likeness (QED) is 0.608. The molecule has 2 atom stereocenters. The number of ether oxygens (including phenoxy) is 1. The van der Waals surface area contributed by atoms with Crippen LogP contribution in [0.3, 0.4) is 0 Å². The number of rotatable bonds is 3. The lowest BCUT2D eigenvalue weighted by Crippen LogP contribution is -2.44. The second kappa shape index (κ2) is 9.15. The smallest absolute Gasteiger partial charge is 0.407 e. The topological polar surface area (TPSA) is 90.8 Å². The van der Waals surface area contributed by atoms with Gasteiger partial charge in [0.15, 0.2) is 0 Å². The van der Waals surface area contributed by atoms with E-state index in [-0.39, 0.29) is 11.3 Å². The van der Waals surface area contributed by atoms with Crippen LogP contribution in [-0.2, 0) is 16.7 Å². The zero-order chi connectivity index (χ0) is 25.8. The molecule has 2 N–H and O–H groups in total. The zero-order valence-electron chi connectivity index (χ0n) is 21.8. The van der Waals surface area contributed by atoms with Gasteiger partial charge in [0.1, 0.15) is 17.7 Å². The van der Waals surface area contributed by atoms with E-state index < -0.39 is 17.8 Å². The number of hydrogen-bond donors (Lipinski definition) is 2. The van der Waals surface area contributed by atoms with Crippen molar-refractivity contribution in [2.75, 3.05) is 31.6 Å². The number of piperidine rings is 1. The summed E-state index contributed by atoms with van der Waals surface area (Å²) < 4.78 is 5.48. The van der Waals surface area contributed by atoms with Gasteiger partial charge in [-0.05, 0) is 89.3 Å². The van der Waals surface area contributed by atoms with Gasteiger partial charge in [-0.15, -0.1) is 0 Å². The lowest BCUT2D eigenvalue weighted by Gasteiger charge is -2.39. The number of hydrogen-bond acceptors (Lipinski definition) is 7. The van der Waals surface area contributed by atoms with E-state index in [1.165, 1.54) is 5.56 Å². The number of likely N-dealkylation sites (tertiary alicyclic amines) is 1. The van der Waals surface area contributed by atoms with Crippen LogP contribution in [0.15, 0.2) is 18.5 Å². The summed E-state index contributed by atoms with van der Waals surface area (Å²) >= 11 is 6.81. The van der Waals surface area contributed by atoms with Gasteiger partial charge in [-0.1, -0.05) is 18.5 Å². The predicted molar refractivity (Wildman–Crippen MR) is 140 cm³/mol. The number of amides is 1. The van der Waals surface area contributed by atoms with E-state index >= 15 is 0 Å². The van der Waals surface area contributed by atoms with Gasteiger partial charge < -0.3 is 25.0 Å². The molecular formula is C27H36ClN5O3. The highest BCUT2D eigenvalue weighted by molar-refractivity contribution is 6.31. The second-order valence-corrected chi connectivity index (χ2v) is 12.0. The first-order valence-corrected chi connectivity index (χ1v) is 13.1. The summed E-state index contributed by atoms with van der Waals surface area (Å²) in [7, 11) is 2.16. The number of nitrogens with one attached hydrogen (secondary N) is 1. The third kappa shape index (κ3) is 4.44. The molecule has 0 bridgehead atoms. The molecule has 2 aliphatic heterocycles. The van der Waals surface area contributed by atoms with E-state index in [9.17, 15) is 9.90 Å². The third-order valence-electron chi connectivity index (χ3n) is 7.80. The highest BCUT2D eigenvalue weighted by Gasteiger charge is 2.48. The Hall–Kier alpha value is -2.42. The number of aromatic nitrogens is 2. The normalized spacial score (nSPS) is 23.0. The summed E-state index contributed by atoms with van der Waals surface area (Å²) in [5.41, 5.74) is 4.27. The molecule has 0 radical (unpaired) electrons. The fraction of sp³-hybridized carbons (Fsp3) is 0.593. The number of carbonyl (C=O) groups excluding carboxylic acids is 1. The number of anilines is 2. The standard InChI is InChI=1S/C27H36ClN5O3/c1-16-12-20(34)23-21(16)24(31-15-30-23)33-14-27(8-10-32(5)11-9-27)22-17(18(28)6-7-19(22)33)13-29-25(35)36-26(2,3)4/h6-7,15-16,20,34H,8-14H2,1-5H3,(H,29,35)/t16-,20?/m1/s1. The Balaban J connectivity index is 1.58. The molecule has 3 heterocycles. The van der Waals surface area contributed by atoms with Crippen LogP contribution >= 0.6 is 11.6 Å². The molecule has 1 fully saturated rings. The predicted octanol–water partition coefficient (Wildman–Crippen LogP) is 4.81. The Kier molecular flexibility index (Phi) is 6.42. The molecule has 1 aromatic heterocycles. The number of halogens is 1.